The molecule has 2 aromatic rings. The number of amides is 2. The maximum atomic E-state index is 12.6. The summed E-state index contributed by atoms with van der Waals surface area (Å²) >= 11 is 0. The number of rotatable bonds is 10. The minimum absolute atomic E-state index is 0.00899. The summed E-state index contributed by atoms with van der Waals surface area (Å²) in [5.74, 6) is -1.96. The number of benzene rings is 1. The molecule has 0 unspecified atom stereocenters. The van der Waals surface area contributed by atoms with Gasteiger partial charge in [-0.3, -0.25) is 14.6 Å². The zero-order valence-electron chi connectivity index (χ0n) is 15.8. The number of pyridine rings is 1. The van der Waals surface area contributed by atoms with Gasteiger partial charge >= 0.3 is 5.97 Å². The van der Waals surface area contributed by atoms with Crippen LogP contribution in [0.2, 0.25) is 0 Å². The van der Waals surface area contributed by atoms with Crippen LogP contribution in [0.4, 0.5) is 0 Å². The third kappa shape index (κ3) is 7.32. The molecular weight excluding hydrogens is 376 g/mol. The molecule has 0 saturated heterocycles. The Morgan fingerprint density at radius 2 is 1.76 bits per heavy atom. The second kappa shape index (κ2) is 11.5. The summed E-state index contributed by atoms with van der Waals surface area (Å²) < 4.78 is 5.15. The average molecular weight is 400 g/mol. The van der Waals surface area contributed by atoms with Crippen molar-refractivity contribution in [2.75, 3.05) is 13.2 Å². The fourth-order valence-electron chi connectivity index (χ4n) is 2.50. The van der Waals surface area contributed by atoms with Crippen molar-refractivity contribution in [3.8, 4) is 0 Å². The number of carbonyl (C=O) groups excluding carboxylic acids is 3. The third-order valence-corrected chi connectivity index (χ3v) is 4.01. The molecule has 1 heterocycles. The van der Waals surface area contributed by atoms with Gasteiger partial charge in [-0.2, -0.15) is 0 Å². The predicted molar refractivity (Wildman–Crippen MR) is 104 cm³/mol. The van der Waals surface area contributed by atoms with Gasteiger partial charge in [-0.1, -0.05) is 36.4 Å². The van der Waals surface area contributed by atoms with Crippen LogP contribution in [0.1, 0.15) is 11.1 Å². The predicted octanol–water partition coefficient (Wildman–Crippen LogP) is -0.712. The number of nitrogens with two attached hydrogens (primary N) is 1. The first-order valence-corrected chi connectivity index (χ1v) is 9.03. The van der Waals surface area contributed by atoms with Crippen LogP contribution < -0.4 is 16.4 Å². The third-order valence-electron chi connectivity index (χ3n) is 4.01. The van der Waals surface area contributed by atoms with Gasteiger partial charge in [0.2, 0.25) is 11.8 Å². The lowest BCUT2D eigenvalue weighted by molar-refractivity contribution is -0.150. The van der Waals surface area contributed by atoms with Crippen LogP contribution in [-0.4, -0.2) is 53.1 Å². The smallest absolute Gasteiger partial charge is 0.331 e. The van der Waals surface area contributed by atoms with E-state index < -0.39 is 36.5 Å². The molecule has 9 heteroatoms. The molecule has 0 spiro atoms. The van der Waals surface area contributed by atoms with Crippen LogP contribution in [0.5, 0.6) is 0 Å². The highest BCUT2D eigenvalue weighted by Gasteiger charge is 2.27. The van der Waals surface area contributed by atoms with Crippen LogP contribution >= 0.6 is 0 Å². The van der Waals surface area contributed by atoms with Gasteiger partial charge in [-0.05, 0) is 17.2 Å². The molecule has 0 fully saturated rings. The molecule has 1 aromatic heterocycles. The number of aliphatic hydroxyl groups is 1. The van der Waals surface area contributed by atoms with E-state index in [1.165, 1.54) is 0 Å². The zero-order valence-corrected chi connectivity index (χ0v) is 15.8. The number of hydrogen-bond donors (Lipinski definition) is 4. The Hall–Kier alpha value is -3.30. The summed E-state index contributed by atoms with van der Waals surface area (Å²) in [6, 6.07) is 10.2. The standard InChI is InChI=1S/C20H24N4O5/c21-10-18(26)23-16(9-15-7-4-8-22-11-15)19(27)24-17(12-25)20(28)29-13-14-5-2-1-3-6-14/h1-8,11,16-17,25H,9-10,12-13,21H2,(H,23,26)(H,24,27)/t16-,17-/m0/s1. The maximum Gasteiger partial charge on any atom is 0.331 e. The molecule has 2 amide bonds. The van der Waals surface area contributed by atoms with Crippen LogP contribution in [0, 0.1) is 0 Å². The number of ether oxygens (including phenoxy) is 1. The van der Waals surface area contributed by atoms with Gasteiger partial charge in [0.15, 0.2) is 6.04 Å². The fourth-order valence-corrected chi connectivity index (χ4v) is 2.50. The van der Waals surface area contributed by atoms with Crippen molar-refractivity contribution in [1.29, 1.82) is 0 Å². The van der Waals surface area contributed by atoms with Gasteiger partial charge < -0.3 is 26.2 Å². The molecule has 0 aliphatic carbocycles. The largest absolute Gasteiger partial charge is 0.459 e. The first-order chi connectivity index (χ1) is 14.0. The van der Waals surface area contributed by atoms with E-state index in [4.69, 9.17) is 10.5 Å². The molecule has 0 aliphatic rings. The molecule has 1 aromatic carbocycles. The van der Waals surface area contributed by atoms with Crippen LogP contribution in [0.15, 0.2) is 54.9 Å². The maximum absolute atomic E-state index is 12.6. The normalized spacial score (nSPS) is 12.5. The molecule has 154 valence electrons. The van der Waals surface area contributed by atoms with Crippen LogP contribution in [-0.2, 0) is 32.1 Å². The summed E-state index contributed by atoms with van der Waals surface area (Å²) in [5.41, 5.74) is 6.79. The number of nitrogens with one attached hydrogen (secondary N) is 2. The van der Waals surface area contributed by atoms with Crippen molar-refractivity contribution < 1.29 is 24.2 Å². The molecule has 0 bridgehead atoms. The summed E-state index contributed by atoms with van der Waals surface area (Å²) in [6.45, 7) is -0.932. The van der Waals surface area contributed by atoms with Gasteiger partial charge in [-0.25, -0.2) is 4.79 Å². The van der Waals surface area contributed by atoms with Gasteiger partial charge in [-0.15, -0.1) is 0 Å². The number of hydrogen-bond acceptors (Lipinski definition) is 7. The number of carbonyl (C=O) groups is 3. The zero-order chi connectivity index (χ0) is 21.1. The monoisotopic (exact) mass is 400 g/mol. The van der Waals surface area contributed by atoms with Gasteiger partial charge in [0.25, 0.3) is 0 Å². The van der Waals surface area contributed by atoms with Crippen molar-refractivity contribution in [3.63, 3.8) is 0 Å². The van der Waals surface area contributed by atoms with Gasteiger partial charge in [0, 0.05) is 18.8 Å². The summed E-state index contributed by atoms with van der Waals surface area (Å²) in [5, 5.41) is 14.4. The highest BCUT2D eigenvalue weighted by atomic mass is 16.5. The second-order valence-corrected chi connectivity index (χ2v) is 6.23. The van der Waals surface area contributed by atoms with E-state index in [1.54, 1.807) is 48.8 Å². The first-order valence-electron chi connectivity index (χ1n) is 9.03. The quantitative estimate of drug-likeness (QED) is 0.386. The minimum atomic E-state index is -1.27. The molecule has 2 atom stereocenters. The Morgan fingerprint density at radius 1 is 1.03 bits per heavy atom. The Labute approximate surface area is 168 Å². The molecule has 0 saturated carbocycles. The summed E-state index contributed by atoms with van der Waals surface area (Å²) in [6.07, 6.45) is 3.29. The number of aromatic nitrogens is 1. The van der Waals surface area contributed by atoms with Crippen molar-refractivity contribution in [2.45, 2.75) is 25.1 Å². The minimum Gasteiger partial charge on any atom is -0.459 e. The SMILES string of the molecule is NCC(=O)N[C@@H](Cc1cccnc1)C(=O)N[C@@H](CO)C(=O)OCc1ccccc1. The van der Waals surface area contributed by atoms with E-state index in [0.717, 1.165) is 5.56 Å². The lowest BCUT2D eigenvalue weighted by Crippen LogP contribution is -2.54. The number of nitrogens with zero attached hydrogens (tertiary/aromatic N) is 1. The summed E-state index contributed by atoms with van der Waals surface area (Å²) in [7, 11) is 0. The van der Waals surface area contributed by atoms with E-state index in [0.29, 0.717) is 5.56 Å². The molecule has 0 radical (unpaired) electrons. The molecule has 5 N–H and O–H groups in total. The summed E-state index contributed by atoms with van der Waals surface area (Å²) in [4.78, 5) is 40.5. The van der Waals surface area contributed by atoms with Crippen LogP contribution in [0.3, 0.4) is 0 Å². The topological polar surface area (TPSA) is 144 Å². The van der Waals surface area contributed by atoms with Crippen LogP contribution in [0.25, 0.3) is 0 Å². The van der Waals surface area contributed by atoms with Gasteiger partial charge in [0.1, 0.15) is 12.6 Å². The van der Waals surface area contributed by atoms with E-state index in [2.05, 4.69) is 15.6 Å². The Morgan fingerprint density at radius 3 is 2.38 bits per heavy atom. The number of aliphatic hydroxyl groups excluding tert-OH is 1. The lowest BCUT2D eigenvalue weighted by atomic mass is 10.1. The van der Waals surface area contributed by atoms with Crippen molar-refractivity contribution in [1.82, 2.24) is 15.6 Å². The number of esters is 1. The highest BCUT2D eigenvalue weighted by Crippen LogP contribution is 2.04. The lowest BCUT2D eigenvalue weighted by Gasteiger charge is -2.21. The van der Waals surface area contributed by atoms with E-state index in [-0.39, 0.29) is 19.6 Å². The van der Waals surface area contributed by atoms with E-state index in [9.17, 15) is 19.5 Å². The van der Waals surface area contributed by atoms with Crippen molar-refractivity contribution >= 4 is 17.8 Å². The highest BCUT2D eigenvalue weighted by molar-refractivity contribution is 5.91. The van der Waals surface area contributed by atoms with Gasteiger partial charge in [0.05, 0.1) is 13.2 Å². The first kappa shape index (κ1) is 22.0. The van der Waals surface area contributed by atoms with E-state index >= 15 is 0 Å². The van der Waals surface area contributed by atoms with Crippen molar-refractivity contribution in [2.24, 2.45) is 5.73 Å². The Bertz CT molecular complexity index is 801. The van der Waals surface area contributed by atoms with E-state index in [1.807, 2.05) is 6.07 Å². The fraction of sp³-hybridized carbons (Fsp3) is 0.300. The Kier molecular flexibility index (Phi) is 8.74. The Balaban J connectivity index is 2.00. The molecule has 9 nitrogen and oxygen atoms in total. The molecule has 29 heavy (non-hydrogen) atoms. The molecule has 2 rings (SSSR count). The average Bonchev–Trinajstić information content (AvgIpc) is 2.76. The molecule has 0 aliphatic heterocycles. The van der Waals surface area contributed by atoms with Crippen molar-refractivity contribution in [3.05, 3.63) is 66.0 Å². The second-order valence-electron chi connectivity index (χ2n) is 6.23. The molecular formula is C20H24N4O5.